The third-order valence-corrected chi connectivity index (χ3v) is 6.14. The second-order valence-corrected chi connectivity index (χ2v) is 8.95. The topological polar surface area (TPSA) is 129 Å². The van der Waals surface area contributed by atoms with E-state index in [9.17, 15) is 4.79 Å². The minimum atomic E-state index is -0.219. The van der Waals surface area contributed by atoms with Crippen LogP contribution in [0.25, 0.3) is 0 Å². The van der Waals surface area contributed by atoms with E-state index in [1.807, 2.05) is 48.5 Å². The molecule has 0 saturated carbocycles. The van der Waals surface area contributed by atoms with Crippen molar-refractivity contribution >= 4 is 47.1 Å². The van der Waals surface area contributed by atoms with Crippen molar-refractivity contribution in [1.29, 1.82) is 0 Å². The number of ether oxygens (including phenoxy) is 2. The van der Waals surface area contributed by atoms with Crippen molar-refractivity contribution < 1.29 is 14.3 Å². The summed E-state index contributed by atoms with van der Waals surface area (Å²) in [6, 6.07) is 22.0. The minimum absolute atomic E-state index is 0.0914. The normalized spacial score (nSPS) is 10.9. The Morgan fingerprint density at radius 2 is 1.95 bits per heavy atom. The van der Waals surface area contributed by atoms with E-state index in [1.165, 1.54) is 4.68 Å². The molecule has 0 saturated heterocycles. The summed E-state index contributed by atoms with van der Waals surface area (Å²) >= 11 is 7.08. The number of amides is 1. The maximum Gasteiger partial charge on any atom is 0.264 e. The van der Waals surface area contributed by atoms with Gasteiger partial charge in [-0.15, -0.1) is 10.2 Å². The van der Waals surface area contributed by atoms with Crippen molar-refractivity contribution in [2.24, 2.45) is 5.10 Å². The van der Waals surface area contributed by atoms with Gasteiger partial charge in [-0.25, -0.2) is 10.1 Å². The van der Waals surface area contributed by atoms with Gasteiger partial charge in [0, 0.05) is 22.3 Å². The van der Waals surface area contributed by atoms with Gasteiger partial charge < -0.3 is 20.6 Å². The van der Waals surface area contributed by atoms with E-state index < -0.39 is 0 Å². The zero-order valence-electron chi connectivity index (χ0n) is 19.8. The summed E-state index contributed by atoms with van der Waals surface area (Å²) in [5.41, 5.74) is 5.15. The fraction of sp³-hybridized carbons (Fsp3) is 0.120. The molecular weight excluding hydrogens is 514 g/mol. The molecule has 1 amide bonds. The van der Waals surface area contributed by atoms with E-state index in [0.717, 1.165) is 22.9 Å². The average molecular weight is 538 g/mol. The van der Waals surface area contributed by atoms with E-state index >= 15 is 0 Å². The third kappa shape index (κ3) is 7.38. The van der Waals surface area contributed by atoms with Crippen LogP contribution >= 0.6 is 23.4 Å². The molecule has 190 valence electrons. The zero-order chi connectivity index (χ0) is 26.0. The number of methoxy groups -OCH3 is 1. The second kappa shape index (κ2) is 12.7. The fourth-order valence-electron chi connectivity index (χ4n) is 3.10. The minimum Gasteiger partial charge on any atom is -0.497 e. The number of nitrogens with two attached hydrogens (primary N) is 1. The molecule has 0 aliphatic rings. The van der Waals surface area contributed by atoms with E-state index in [1.54, 1.807) is 37.6 Å². The molecule has 10 nitrogen and oxygen atoms in total. The summed E-state index contributed by atoms with van der Waals surface area (Å²) in [4.78, 5) is 12.3. The van der Waals surface area contributed by atoms with Crippen LogP contribution in [0.3, 0.4) is 0 Å². The van der Waals surface area contributed by atoms with Gasteiger partial charge in [0.25, 0.3) is 5.95 Å². The Balaban J connectivity index is 1.30. The van der Waals surface area contributed by atoms with Crippen molar-refractivity contribution in [2.45, 2.75) is 11.8 Å². The molecule has 0 aliphatic heterocycles. The number of carbonyl (C=O) groups is 1. The number of thioether (sulfide) groups is 1. The maximum absolute atomic E-state index is 12.3. The molecule has 12 heteroatoms. The molecule has 0 unspecified atom stereocenters. The molecule has 0 spiro atoms. The van der Waals surface area contributed by atoms with Gasteiger partial charge in [0.05, 0.1) is 19.1 Å². The Bertz CT molecular complexity index is 1380. The molecule has 0 fully saturated rings. The highest BCUT2D eigenvalue weighted by molar-refractivity contribution is 7.99. The smallest absolute Gasteiger partial charge is 0.264 e. The Labute approximate surface area is 222 Å². The van der Waals surface area contributed by atoms with Crippen molar-refractivity contribution in [3.8, 4) is 11.5 Å². The SMILES string of the molecule is COc1cccc(NC(=O)CSc2nnc(N/N=C/c3ccccc3OCc3ccc(Cl)cc3)n2N)c1. The lowest BCUT2D eigenvalue weighted by Crippen LogP contribution is -2.16. The van der Waals surface area contributed by atoms with Crippen LogP contribution in [0.15, 0.2) is 83.1 Å². The van der Waals surface area contributed by atoms with Crippen LogP contribution < -0.4 is 26.1 Å². The number of para-hydroxylation sites is 1. The molecule has 1 aromatic heterocycles. The average Bonchev–Trinajstić information content (AvgIpc) is 3.27. The number of hydrogen-bond donors (Lipinski definition) is 3. The summed E-state index contributed by atoms with van der Waals surface area (Å²) in [6.07, 6.45) is 1.60. The summed E-state index contributed by atoms with van der Waals surface area (Å²) in [5.74, 6) is 7.47. The molecule has 3 aromatic carbocycles. The first kappa shape index (κ1) is 25.9. The monoisotopic (exact) mass is 537 g/mol. The number of benzene rings is 3. The number of carbonyl (C=O) groups excluding carboxylic acids is 1. The van der Waals surface area contributed by atoms with Crippen molar-refractivity contribution in [3.05, 3.63) is 88.9 Å². The van der Waals surface area contributed by atoms with Gasteiger partial charge in [-0.05, 0) is 42.0 Å². The van der Waals surface area contributed by atoms with Crippen LogP contribution in [0, 0.1) is 0 Å². The van der Waals surface area contributed by atoms with Gasteiger partial charge in [0.15, 0.2) is 0 Å². The zero-order valence-corrected chi connectivity index (χ0v) is 21.4. The van der Waals surface area contributed by atoms with Crippen LogP contribution in [0.4, 0.5) is 11.6 Å². The van der Waals surface area contributed by atoms with Crippen LogP contribution in [0.5, 0.6) is 11.5 Å². The highest BCUT2D eigenvalue weighted by Crippen LogP contribution is 2.21. The number of anilines is 2. The van der Waals surface area contributed by atoms with Gasteiger partial charge in [-0.1, -0.05) is 53.7 Å². The first-order valence-electron chi connectivity index (χ1n) is 11.0. The Hall–Kier alpha value is -4.22. The number of nitrogens with one attached hydrogen (secondary N) is 2. The standard InChI is InChI=1S/C25H24ClN7O3S/c1-35-21-7-4-6-20(13-21)29-23(34)16-37-25-32-31-24(33(25)27)30-28-14-18-5-2-3-8-22(18)36-15-17-9-11-19(26)12-10-17/h2-14H,15-16,27H2,1H3,(H,29,34)(H,30,31)/b28-14+. The van der Waals surface area contributed by atoms with E-state index in [-0.39, 0.29) is 17.6 Å². The van der Waals surface area contributed by atoms with Crippen molar-refractivity contribution in [1.82, 2.24) is 14.9 Å². The number of nitrogen functional groups attached to an aromatic ring is 1. The highest BCUT2D eigenvalue weighted by atomic mass is 35.5. The Morgan fingerprint density at radius 1 is 1.14 bits per heavy atom. The van der Waals surface area contributed by atoms with Gasteiger partial charge in [-0.3, -0.25) is 4.79 Å². The van der Waals surface area contributed by atoms with Crippen molar-refractivity contribution in [2.75, 3.05) is 29.4 Å². The molecule has 1 heterocycles. The van der Waals surface area contributed by atoms with E-state index in [2.05, 4.69) is 26.0 Å². The summed E-state index contributed by atoms with van der Waals surface area (Å²) in [5, 5.41) is 16.0. The van der Waals surface area contributed by atoms with E-state index in [4.69, 9.17) is 26.9 Å². The van der Waals surface area contributed by atoms with Gasteiger partial charge in [0.1, 0.15) is 18.1 Å². The molecule has 0 bridgehead atoms. The molecule has 0 atom stereocenters. The summed E-state index contributed by atoms with van der Waals surface area (Å²) < 4.78 is 12.3. The second-order valence-electron chi connectivity index (χ2n) is 7.57. The number of aromatic nitrogens is 3. The largest absolute Gasteiger partial charge is 0.497 e. The first-order chi connectivity index (χ1) is 18.0. The van der Waals surface area contributed by atoms with E-state index in [0.29, 0.717) is 34.0 Å². The quantitative estimate of drug-likeness (QED) is 0.111. The third-order valence-electron chi connectivity index (χ3n) is 4.95. The highest BCUT2D eigenvalue weighted by Gasteiger charge is 2.12. The lowest BCUT2D eigenvalue weighted by Gasteiger charge is -2.09. The Kier molecular flexibility index (Phi) is 8.84. The summed E-state index contributed by atoms with van der Waals surface area (Å²) in [7, 11) is 1.57. The molecule has 4 aromatic rings. The number of halogens is 1. The van der Waals surface area contributed by atoms with Crippen molar-refractivity contribution in [3.63, 3.8) is 0 Å². The Morgan fingerprint density at radius 3 is 2.76 bits per heavy atom. The number of nitrogens with zero attached hydrogens (tertiary/aromatic N) is 4. The molecular formula is C25H24ClN7O3S. The first-order valence-corrected chi connectivity index (χ1v) is 12.4. The summed E-state index contributed by atoms with van der Waals surface area (Å²) in [6.45, 7) is 0.387. The number of hydrazone groups is 1. The maximum atomic E-state index is 12.3. The lowest BCUT2D eigenvalue weighted by atomic mass is 10.2. The fourth-order valence-corrected chi connectivity index (χ4v) is 3.88. The predicted molar refractivity (Wildman–Crippen MR) is 146 cm³/mol. The number of hydrogen-bond acceptors (Lipinski definition) is 9. The van der Waals surface area contributed by atoms with Crippen LogP contribution in [0.2, 0.25) is 5.02 Å². The predicted octanol–water partition coefficient (Wildman–Crippen LogP) is 4.41. The lowest BCUT2D eigenvalue weighted by molar-refractivity contribution is -0.113. The van der Waals surface area contributed by atoms with Gasteiger partial charge in [-0.2, -0.15) is 5.10 Å². The van der Waals surface area contributed by atoms with Gasteiger partial charge in [0.2, 0.25) is 11.1 Å². The van der Waals surface area contributed by atoms with Crippen LogP contribution in [-0.4, -0.2) is 39.9 Å². The molecule has 4 rings (SSSR count). The molecule has 0 aliphatic carbocycles. The molecule has 0 radical (unpaired) electrons. The van der Waals surface area contributed by atoms with Gasteiger partial charge >= 0.3 is 0 Å². The molecule has 37 heavy (non-hydrogen) atoms. The van der Waals surface area contributed by atoms with Crippen LogP contribution in [0.1, 0.15) is 11.1 Å². The molecule has 4 N–H and O–H groups in total. The number of rotatable bonds is 11. The van der Waals surface area contributed by atoms with Crippen LogP contribution in [-0.2, 0) is 11.4 Å².